The van der Waals surface area contributed by atoms with Gasteiger partial charge in [-0.1, -0.05) is 30.3 Å². The van der Waals surface area contributed by atoms with Gasteiger partial charge in [0.05, 0.1) is 12.7 Å². The second-order valence-corrected chi connectivity index (χ2v) is 5.95. The minimum absolute atomic E-state index is 0.108. The molecule has 4 heteroatoms. The van der Waals surface area contributed by atoms with E-state index >= 15 is 0 Å². The summed E-state index contributed by atoms with van der Waals surface area (Å²) in [5.74, 6) is 0.108. The number of carboxylic acid groups (broad SMARTS) is 1. The molecule has 0 saturated carbocycles. The fourth-order valence-electron chi connectivity index (χ4n) is 2.26. The Morgan fingerprint density at radius 1 is 1.42 bits per heavy atom. The summed E-state index contributed by atoms with van der Waals surface area (Å²) in [5.41, 5.74) is 0.730. The molecule has 2 rings (SSSR count). The summed E-state index contributed by atoms with van der Waals surface area (Å²) in [6, 6.07) is 10.00. The molecule has 0 radical (unpaired) electrons. The van der Waals surface area contributed by atoms with Gasteiger partial charge in [0.15, 0.2) is 0 Å². The maximum absolute atomic E-state index is 11.4. The van der Waals surface area contributed by atoms with E-state index in [1.807, 2.05) is 51.1 Å². The molecule has 0 aliphatic carbocycles. The predicted molar refractivity (Wildman–Crippen MR) is 73.4 cm³/mol. The fourth-order valence-corrected chi connectivity index (χ4v) is 2.26. The van der Waals surface area contributed by atoms with Crippen LogP contribution in [0, 0.1) is 0 Å². The topological polar surface area (TPSA) is 53.1 Å². The van der Waals surface area contributed by atoms with Crippen molar-refractivity contribution in [2.24, 2.45) is 0 Å². The van der Waals surface area contributed by atoms with Crippen LogP contribution >= 0.6 is 0 Å². The first-order valence-electron chi connectivity index (χ1n) is 6.56. The Hall–Kier alpha value is -1.55. The highest BCUT2D eigenvalue weighted by Gasteiger charge is 2.38. The second-order valence-electron chi connectivity index (χ2n) is 5.95. The van der Waals surface area contributed by atoms with Gasteiger partial charge >= 0.3 is 6.09 Å². The first kappa shape index (κ1) is 13.9. The van der Waals surface area contributed by atoms with Gasteiger partial charge in [0.1, 0.15) is 0 Å². The lowest BCUT2D eigenvalue weighted by molar-refractivity contribution is 0.0932. The number of hydrogen-bond acceptors (Lipinski definition) is 2. The smallest absolute Gasteiger partial charge is 0.407 e. The van der Waals surface area contributed by atoms with Crippen molar-refractivity contribution >= 4 is 6.09 Å². The van der Waals surface area contributed by atoms with Gasteiger partial charge in [-0.05, 0) is 26.3 Å². The Morgan fingerprint density at radius 3 is 2.42 bits per heavy atom. The van der Waals surface area contributed by atoms with E-state index in [-0.39, 0.29) is 12.0 Å². The molecular formula is C15H21NO3. The molecule has 2 atom stereocenters. The molecule has 19 heavy (non-hydrogen) atoms. The number of amides is 1. The average Bonchev–Trinajstić information content (AvgIpc) is 3.13. The third-order valence-corrected chi connectivity index (χ3v) is 3.46. The van der Waals surface area contributed by atoms with E-state index in [9.17, 15) is 9.90 Å². The van der Waals surface area contributed by atoms with Crippen molar-refractivity contribution in [3.63, 3.8) is 0 Å². The monoisotopic (exact) mass is 263 g/mol. The van der Waals surface area contributed by atoms with E-state index < -0.39 is 11.6 Å². The number of benzene rings is 1. The molecule has 1 N–H and O–H groups in total. The van der Waals surface area contributed by atoms with Gasteiger partial charge in [-0.15, -0.1) is 0 Å². The van der Waals surface area contributed by atoms with Crippen LogP contribution in [-0.4, -0.2) is 40.9 Å². The second kappa shape index (κ2) is 5.21. The van der Waals surface area contributed by atoms with Crippen molar-refractivity contribution in [3.8, 4) is 0 Å². The van der Waals surface area contributed by atoms with Crippen LogP contribution in [0.15, 0.2) is 30.3 Å². The molecule has 1 aliphatic rings. The summed E-state index contributed by atoms with van der Waals surface area (Å²) in [4.78, 5) is 12.9. The molecule has 1 saturated heterocycles. The highest BCUT2D eigenvalue weighted by molar-refractivity contribution is 5.66. The van der Waals surface area contributed by atoms with Gasteiger partial charge < -0.3 is 14.7 Å². The van der Waals surface area contributed by atoms with Gasteiger partial charge in [0.2, 0.25) is 0 Å². The van der Waals surface area contributed by atoms with Crippen LogP contribution in [0.4, 0.5) is 4.79 Å². The molecule has 1 aromatic carbocycles. The minimum atomic E-state index is -0.880. The molecule has 1 heterocycles. The first-order valence-corrected chi connectivity index (χ1v) is 6.56. The lowest BCUT2D eigenvalue weighted by Crippen LogP contribution is -2.47. The van der Waals surface area contributed by atoms with Crippen molar-refractivity contribution in [1.29, 1.82) is 0 Å². The fraction of sp³-hybridized carbons (Fsp3) is 0.533. The predicted octanol–water partition coefficient (Wildman–Crippen LogP) is 2.95. The van der Waals surface area contributed by atoms with Crippen molar-refractivity contribution < 1.29 is 14.6 Å². The number of hydrogen-bond donors (Lipinski definition) is 1. The molecule has 104 valence electrons. The Labute approximate surface area is 114 Å². The van der Waals surface area contributed by atoms with Crippen LogP contribution in [0.3, 0.4) is 0 Å². The van der Waals surface area contributed by atoms with E-state index in [1.165, 1.54) is 4.90 Å². The highest BCUT2D eigenvalue weighted by atomic mass is 16.6. The Balaban J connectivity index is 2.19. The van der Waals surface area contributed by atoms with E-state index in [2.05, 4.69) is 0 Å². The molecule has 1 fully saturated rings. The molecule has 0 unspecified atom stereocenters. The Kier molecular flexibility index (Phi) is 3.80. The maximum atomic E-state index is 11.4. The van der Waals surface area contributed by atoms with Crippen LogP contribution < -0.4 is 0 Å². The zero-order valence-corrected chi connectivity index (χ0v) is 11.7. The van der Waals surface area contributed by atoms with Crippen LogP contribution in [0.25, 0.3) is 0 Å². The highest BCUT2D eigenvalue weighted by Crippen LogP contribution is 2.32. The average molecular weight is 263 g/mol. The van der Waals surface area contributed by atoms with Gasteiger partial charge in [0, 0.05) is 18.0 Å². The number of rotatable bonds is 4. The molecule has 0 spiro atoms. The van der Waals surface area contributed by atoms with Crippen LogP contribution in [0.2, 0.25) is 0 Å². The number of ether oxygens (including phenoxy) is 1. The van der Waals surface area contributed by atoms with Gasteiger partial charge in [-0.3, -0.25) is 0 Å². The summed E-state index contributed by atoms with van der Waals surface area (Å²) in [6.07, 6.45) is -0.735. The molecule has 0 aromatic heterocycles. The summed E-state index contributed by atoms with van der Waals surface area (Å²) in [7, 11) is 0. The number of epoxide rings is 1. The SMILES string of the molecule is CC(C)(C)N(C[C@@H](c1ccccc1)[C@H]1CO1)C(=O)O. The van der Waals surface area contributed by atoms with E-state index in [0.717, 1.165) is 12.2 Å². The number of nitrogens with zero attached hydrogens (tertiary/aromatic N) is 1. The molecule has 4 nitrogen and oxygen atoms in total. The maximum Gasteiger partial charge on any atom is 0.407 e. The largest absolute Gasteiger partial charge is 0.465 e. The summed E-state index contributed by atoms with van der Waals surface area (Å²) in [5, 5.41) is 9.39. The van der Waals surface area contributed by atoms with Crippen molar-refractivity contribution in [1.82, 2.24) is 4.90 Å². The van der Waals surface area contributed by atoms with E-state index in [1.54, 1.807) is 0 Å². The minimum Gasteiger partial charge on any atom is -0.465 e. The van der Waals surface area contributed by atoms with Crippen LogP contribution in [0.5, 0.6) is 0 Å². The van der Waals surface area contributed by atoms with Crippen LogP contribution in [-0.2, 0) is 4.74 Å². The zero-order valence-electron chi connectivity index (χ0n) is 11.7. The van der Waals surface area contributed by atoms with Crippen molar-refractivity contribution in [2.75, 3.05) is 13.2 Å². The quantitative estimate of drug-likeness (QED) is 0.850. The standard InChI is InChI=1S/C15H21NO3/c1-15(2,3)16(14(17)18)9-12(13-10-19-13)11-7-5-4-6-8-11/h4-8,12-13H,9-10H2,1-3H3,(H,17,18)/t12-,13+/m0/s1. The van der Waals surface area contributed by atoms with Crippen molar-refractivity contribution in [3.05, 3.63) is 35.9 Å². The van der Waals surface area contributed by atoms with E-state index in [0.29, 0.717) is 6.54 Å². The molecular weight excluding hydrogens is 242 g/mol. The summed E-state index contributed by atoms with van der Waals surface area (Å²) < 4.78 is 5.40. The zero-order chi connectivity index (χ0) is 14.0. The Morgan fingerprint density at radius 2 is 2.00 bits per heavy atom. The third kappa shape index (κ3) is 3.47. The molecule has 0 bridgehead atoms. The first-order chi connectivity index (χ1) is 8.89. The summed E-state index contributed by atoms with van der Waals surface area (Å²) in [6.45, 7) is 6.93. The molecule has 1 aromatic rings. The molecule has 1 amide bonds. The van der Waals surface area contributed by atoms with Crippen LogP contribution in [0.1, 0.15) is 32.3 Å². The lowest BCUT2D eigenvalue weighted by atomic mass is 9.93. The van der Waals surface area contributed by atoms with Gasteiger partial charge in [-0.25, -0.2) is 4.79 Å². The summed E-state index contributed by atoms with van der Waals surface area (Å²) >= 11 is 0. The number of carbonyl (C=O) groups is 1. The lowest BCUT2D eigenvalue weighted by Gasteiger charge is -2.35. The molecule has 1 aliphatic heterocycles. The van der Waals surface area contributed by atoms with Gasteiger partial charge in [-0.2, -0.15) is 0 Å². The normalized spacial score (nSPS) is 19.8. The third-order valence-electron chi connectivity index (χ3n) is 3.46. The van der Waals surface area contributed by atoms with Crippen molar-refractivity contribution in [2.45, 2.75) is 38.3 Å². The van der Waals surface area contributed by atoms with E-state index in [4.69, 9.17) is 4.74 Å². The van der Waals surface area contributed by atoms with Gasteiger partial charge in [0.25, 0.3) is 0 Å². The Bertz CT molecular complexity index is 434.